The van der Waals surface area contributed by atoms with Gasteiger partial charge in [-0.15, -0.1) is 0 Å². The van der Waals surface area contributed by atoms with E-state index < -0.39 is 0 Å². The lowest BCUT2D eigenvalue weighted by atomic mass is 10.2. The van der Waals surface area contributed by atoms with Crippen LogP contribution in [0.15, 0.2) is 16.7 Å². The summed E-state index contributed by atoms with van der Waals surface area (Å²) in [5.41, 5.74) is 0. The summed E-state index contributed by atoms with van der Waals surface area (Å²) >= 11 is 3.15. The van der Waals surface area contributed by atoms with E-state index in [1.54, 1.807) is 6.20 Å². The number of nitrogens with zero attached hydrogens (tertiary/aromatic N) is 1. The van der Waals surface area contributed by atoms with E-state index in [1.807, 2.05) is 13.8 Å². The highest BCUT2D eigenvalue weighted by Gasteiger charge is 2.06. The van der Waals surface area contributed by atoms with E-state index in [0.29, 0.717) is 10.3 Å². The Balaban J connectivity index is 2.77. The normalized spacial score (nSPS) is 12.6. The molecule has 0 aliphatic rings. The minimum absolute atomic E-state index is 0.239. The van der Waals surface area contributed by atoms with Crippen molar-refractivity contribution in [3.05, 3.63) is 22.6 Å². The third-order valence-electron chi connectivity index (χ3n) is 1.80. The van der Waals surface area contributed by atoms with Gasteiger partial charge in [0.25, 0.3) is 0 Å². The topological polar surface area (TPSA) is 24.9 Å². The molecule has 1 aromatic rings. The van der Waals surface area contributed by atoms with Crippen LogP contribution in [0.25, 0.3) is 0 Å². The molecule has 1 heterocycles. The Morgan fingerprint density at radius 2 is 2.38 bits per heavy atom. The maximum Gasteiger partial charge on any atom is 0.166 e. The molecule has 0 saturated carbocycles. The summed E-state index contributed by atoms with van der Waals surface area (Å²) < 4.78 is 13.8. The molecule has 1 N–H and O–H groups in total. The van der Waals surface area contributed by atoms with Crippen LogP contribution >= 0.6 is 15.9 Å². The molecule has 72 valence electrons. The molecule has 4 heteroatoms. The predicted molar refractivity (Wildman–Crippen MR) is 55.3 cm³/mol. The molecule has 0 fully saturated rings. The zero-order valence-electron chi connectivity index (χ0n) is 7.64. The van der Waals surface area contributed by atoms with Gasteiger partial charge in [-0.05, 0) is 35.3 Å². The quantitative estimate of drug-likeness (QED) is 0.887. The van der Waals surface area contributed by atoms with E-state index in [-0.39, 0.29) is 11.9 Å². The van der Waals surface area contributed by atoms with Crippen LogP contribution in [0, 0.1) is 5.82 Å². The fourth-order valence-electron chi connectivity index (χ4n) is 0.856. The standard InChI is InChI=1S/C9H12BrFN2/c1-3-6(2)13-9-8(11)4-7(10)5-12-9/h4-6H,3H2,1-2H3,(H,12,13). The summed E-state index contributed by atoms with van der Waals surface area (Å²) in [5.74, 6) is -0.00720. The summed E-state index contributed by atoms with van der Waals surface area (Å²) in [6.07, 6.45) is 2.52. The van der Waals surface area contributed by atoms with Crippen molar-refractivity contribution in [2.75, 3.05) is 5.32 Å². The lowest BCUT2D eigenvalue weighted by Crippen LogP contribution is -2.15. The highest BCUT2D eigenvalue weighted by molar-refractivity contribution is 9.10. The molecule has 0 bridgehead atoms. The SMILES string of the molecule is CCC(C)Nc1ncc(Br)cc1F. The number of nitrogens with one attached hydrogen (secondary N) is 1. The zero-order chi connectivity index (χ0) is 9.84. The van der Waals surface area contributed by atoms with Gasteiger partial charge in [0.05, 0.1) is 0 Å². The van der Waals surface area contributed by atoms with Crippen molar-refractivity contribution < 1.29 is 4.39 Å². The van der Waals surface area contributed by atoms with E-state index in [0.717, 1.165) is 6.42 Å². The number of rotatable bonds is 3. The third kappa shape index (κ3) is 2.95. The van der Waals surface area contributed by atoms with Gasteiger partial charge in [-0.2, -0.15) is 0 Å². The van der Waals surface area contributed by atoms with Gasteiger partial charge >= 0.3 is 0 Å². The number of aromatic nitrogens is 1. The Morgan fingerprint density at radius 3 is 2.92 bits per heavy atom. The van der Waals surface area contributed by atoms with Gasteiger partial charge in [-0.3, -0.25) is 0 Å². The van der Waals surface area contributed by atoms with Gasteiger partial charge < -0.3 is 5.32 Å². The number of hydrogen-bond acceptors (Lipinski definition) is 2. The lowest BCUT2D eigenvalue weighted by molar-refractivity contribution is 0.617. The molecule has 1 atom stereocenters. The molecule has 1 aromatic heterocycles. The van der Waals surface area contributed by atoms with Crippen LogP contribution in [0.5, 0.6) is 0 Å². The van der Waals surface area contributed by atoms with Crippen LogP contribution in [0.2, 0.25) is 0 Å². The fraction of sp³-hybridized carbons (Fsp3) is 0.444. The molecule has 1 unspecified atom stereocenters. The van der Waals surface area contributed by atoms with Crippen molar-refractivity contribution >= 4 is 21.7 Å². The second-order valence-electron chi connectivity index (χ2n) is 2.94. The molecule has 0 aromatic carbocycles. The first-order valence-electron chi connectivity index (χ1n) is 4.21. The maximum absolute atomic E-state index is 13.2. The summed E-state index contributed by atoms with van der Waals surface area (Å²) in [4.78, 5) is 3.93. The Hall–Kier alpha value is -0.640. The van der Waals surface area contributed by atoms with Crippen molar-refractivity contribution in [3.8, 4) is 0 Å². The summed E-state index contributed by atoms with van der Waals surface area (Å²) in [7, 11) is 0. The van der Waals surface area contributed by atoms with Crippen molar-refractivity contribution in [2.24, 2.45) is 0 Å². The Kier molecular flexibility index (Phi) is 3.66. The van der Waals surface area contributed by atoms with Crippen LogP contribution in [-0.2, 0) is 0 Å². The molecule has 2 nitrogen and oxygen atoms in total. The highest BCUT2D eigenvalue weighted by Crippen LogP contribution is 2.16. The van der Waals surface area contributed by atoms with E-state index in [9.17, 15) is 4.39 Å². The van der Waals surface area contributed by atoms with E-state index in [2.05, 4.69) is 26.2 Å². The van der Waals surface area contributed by atoms with Gasteiger partial charge in [0.2, 0.25) is 0 Å². The average molecular weight is 247 g/mol. The monoisotopic (exact) mass is 246 g/mol. The van der Waals surface area contributed by atoms with Crippen LogP contribution in [0.1, 0.15) is 20.3 Å². The van der Waals surface area contributed by atoms with Crippen LogP contribution in [0.4, 0.5) is 10.2 Å². The highest BCUT2D eigenvalue weighted by atomic mass is 79.9. The first kappa shape index (κ1) is 10.4. The average Bonchev–Trinajstić information content (AvgIpc) is 2.09. The molecule has 0 aliphatic heterocycles. The fourth-order valence-corrected chi connectivity index (χ4v) is 1.16. The molecular formula is C9H12BrFN2. The largest absolute Gasteiger partial charge is 0.365 e. The van der Waals surface area contributed by atoms with Crippen LogP contribution in [0.3, 0.4) is 0 Å². The molecule has 0 saturated heterocycles. The van der Waals surface area contributed by atoms with Gasteiger partial charge in [0, 0.05) is 16.7 Å². The second-order valence-corrected chi connectivity index (χ2v) is 3.85. The lowest BCUT2D eigenvalue weighted by Gasteiger charge is -2.12. The molecule has 13 heavy (non-hydrogen) atoms. The van der Waals surface area contributed by atoms with Crippen molar-refractivity contribution in [2.45, 2.75) is 26.3 Å². The molecule has 0 amide bonds. The number of anilines is 1. The Bertz CT molecular complexity index is 291. The first-order valence-corrected chi connectivity index (χ1v) is 5.00. The Labute approximate surface area is 85.7 Å². The smallest absolute Gasteiger partial charge is 0.166 e. The van der Waals surface area contributed by atoms with Gasteiger partial charge in [-0.1, -0.05) is 6.92 Å². The van der Waals surface area contributed by atoms with Gasteiger partial charge in [-0.25, -0.2) is 9.37 Å². The molecule has 0 radical (unpaired) electrons. The minimum Gasteiger partial charge on any atom is -0.365 e. The van der Waals surface area contributed by atoms with Crippen LogP contribution in [-0.4, -0.2) is 11.0 Å². The second kappa shape index (κ2) is 4.56. The molecule has 0 spiro atoms. The van der Waals surface area contributed by atoms with Gasteiger partial charge in [0.1, 0.15) is 0 Å². The summed E-state index contributed by atoms with van der Waals surface area (Å²) in [5, 5.41) is 2.98. The maximum atomic E-state index is 13.2. The van der Waals surface area contributed by atoms with Crippen molar-refractivity contribution in [1.29, 1.82) is 0 Å². The number of pyridine rings is 1. The number of halogens is 2. The van der Waals surface area contributed by atoms with Gasteiger partial charge in [0.15, 0.2) is 11.6 Å². The summed E-state index contributed by atoms with van der Waals surface area (Å²) in [6.45, 7) is 4.03. The molecule has 0 aliphatic carbocycles. The first-order chi connectivity index (χ1) is 6.13. The van der Waals surface area contributed by atoms with Crippen LogP contribution < -0.4 is 5.32 Å². The van der Waals surface area contributed by atoms with Crippen molar-refractivity contribution in [1.82, 2.24) is 4.98 Å². The predicted octanol–water partition coefficient (Wildman–Crippen LogP) is 3.19. The van der Waals surface area contributed by atoms with E-state index >= 15 is 0 Å². The molecule has 1 rings (SSSR count). The van der Waals surface area contributed by atoms with E-state index in [1.165, 1.54) is 6.07 Å². The Morgan fingerprint density at radius 1 is 1.69 bits per heavy atom. The molecular weight excluding hydrogens is 235 g/mol. The zero-order valence-corrected chi connectivity index (χ0v) is 9.23. The van der Waals surface area contributed by atoms with E-state index in [4.69, 9.17) is 0 Å². The summed E-state index contributed by atoms with van der Waals surface area (Å²) in [6, 6.07) is 1.64. The minimum atomic E-state index is -0.324. The third-order valence-corrected chi connectivity index (χ3v) is 2.24. The van der Waals surface area contributed by atoms with Crippen molar-refractivity contribution in [3.63, 3.8) is 0 Å². The number of hydrogen-bond donors (Lipinski definition) is 1.